The maximum atomic E-state index is 4.44. The SMILES string of the molecule is Cc1nc(C)n(CC2CSc3ccccc32)n1. The van der Waals surface area contributed by atoms with E-state index in [1.165, 1.54) is 10.5 Å². The summed E-state index contributed by atoms with van der Waals surface area (Å²) in [6, 6.07) is 8.68. The Hall–Kier alpha value is -1.29. The number of nitrogens with zero attached hydrogens (tertiary/aromatic N) is 3. The van der Waals surface area contributed by atoms with Gasteiger partial charge in [0.05, 0.1) is 6.54 Å². The molecule has 2 heterocycles. The summed E-state index contributed by atoms with van der Waals surface area (Å²) in [5.41, 5.74) is 1.46. The van der Waals surface area contributed by atoms with Crippen LogP contribution < -0.4 is 0 Å². The van der Waals surface area contributed by atoms with E-state index in [9.17, 15) is 0 Å². The van der Waals surface area contributed by atoms with Crippen LogP contribution in [-0.4, -0.2) is 20.5 Å². The molecule has 0 bridgehead atoms. The van der Waals surface area contributed by atoms with Crippen molar-refractivity contribution in [3.05, 3.63) is 41.5 Å². The summed E-state index contributed by atoms with van der Waals surface area (Å²) < 4.78 is 2.03. The van der Waals surface area contributed by atoms with Crippen molar-refractivity contribution in [1.29, 1.82) is 0 Å². The molecule has 1 aliphatic rings. The van der Waals surface area contributed by atoms with E-state index in [2.05, 4.69) is 34.3 Å². The van der Waals surface area contributed by atoms with Crippen LogP contribution in [-0.2, 0) is 6.54 Å². The summed E-state index contributed by atoms with van der Waals surface area (Å²) in [6.07, 6.45) is 0. The van der Waals surface area contributed by atoms with Gasteiger partial charge in [-0.25, -0.2) is 9.67 Å². The molecule has 0 saturated carbocycles. The van der Waals surface area contributed by atoms with Crippen molar-refractivity contribution in [3.8, 4) is 0 Å². The molecule has 1 atom stereocenters. The lowest BCUT2D eigenvalue weighted by molar-refractivity contribution is 0.533. The lowest BCUT2D eigenvalue weighted by Gasteiger charge is -2.11. The molecule has 3 nitrogen and oxygen atoms in total. The highest BCUT2D eigenvalue weighted by Gasteiger charge is 2.23. The summed E-state index contributed by atoms with van der Waals surface area (Å²) in [5.74, 6) is 3.59. The van der Waals surface area contributed by atoms with Gasteiger partial charge in [0.25, 0.3) is 0 Å². The van der Waals surface area contributed by atoms with Crippen LogP contribution in [0.1, 0.15) is 23.1 Å². The lowest BCUT2D eigenvalue weighted by Crippen LogP contribution is -2.11. The predicted octanol–water partition coefficient (Wildman–Crippen LogP) is 2.78. The standard InChI is InChI=1S/C13H15N3S/c1-9-14-10(2)16(15-9)7-11-8-17-13-6-4-3-5-12(11)13/h3-6,11H,7-8H2,1-2H3. The minimum atomic E-state index is 0.566. The molecule has 2 aromatic rings. The number of rotatable bonds is 2. The molecule has 0 amide bonds. The van der Waals surface area contributed by atoms with Crippen LogP contribution in [0.25, 0.3) is 0 Å². The van der Waals surface area contributed by atoms with Crippen LogP contribution in [0.4, 0.5) is 0 Å². The van der Waals surface area contributed by atoms with Gasteiger partial charge in [-0.1, -0.05) is 18.2 Å². The Morgan fingerprint density at radius 1 is 1.35 bits per heavy atom. The molecule has 17 heavy (non-hydrogen) atoms. The Kier molecular flexibility index (Phi) is 2.67. The van der Waals surface area contributed by atoms with Crippen LogP contribution in [0, 0.1) is 13.8 Å². The van der Waals surface area contributed by atoms with Gasteiger partial charge < -0.3 is 0 Å². The van der Waals surface area contributed by atoms with Crippen LogP contribution in [0.3, 0.4) is 0 Å². The minimum absolute atomic E-state index is 0.566. The molecular formula is C13H15N3S. The summed E-state index contributed by atoms with van der Waals surface area (Å²) in [4.78, 5) is 5.78. The van der Waals surface area contributed by atoms with E-state index in [-0.39, 0.29) is 0 Å². The molecule has 0 N–H and O–H groups in total. The van der Waals surface area contributed by atoms with E-state index in [1.54, 1.807) is 0 Å². The molecule has 3 rings (SSSR count). The first-order valence-corrected chi connectivity index (χ1v) is 6.82. The van der Waals surface area contributed by atoms with Crippen LogP contribution in [0.5, 0.6) is 0 Å². The fourth-order valence-corrected chi connectivity index (χ4v) is 3.57. The number of benzene rings is 1. The third kappa shape index (κ3) is 1.97. The van der Waals surface area contributed by atoms with Gasteiger partial charge in [-0.3, -0.25) is 0 Å². The zero-order valence-electron chi connectivity index (χ0n) is 10.1. The smallest absolute Gasteiger partial charge is 0.147 e. The average Bonchev–Trinajstić information content (AvgIpc) is 2.85. The van der Waals surface area contributed by atoms with Gasteiger partial charge in [-0.15, -0.1) is 11.8 Å². The normalized spacial score (nSPS) is 18.4. The van der Waals surface area contributed by atoms with E-state index >= 15 is 0 Å². The van der Waals surface area contributed by atoms with Crippen molar-refractivity contribution in [3.63, 3.8) is 0 Å². The minimum Gasteiger partial charge on any atom is -0.249 e. The van der Waals surface area contributed by atoms with Crippen molar-refractivity contribution in [2.75, 3.05) is 5.75 Å². The number of fused-ring (bicyclic) bond motifs is 1. The molecule has 0 saturated heterocycles. The second kappa shape index (κ2) is 4.18. The molecule has 1 unspecified atom stereocenters. The molecule has 0 spiro atoms. The Bertz CT molecular complexity index is 547. The Morgan fingerprint density at radius 3 is 2.94 bits per heavy atom. The van der Waals surface area contributed by atoms with E-state index in [0.29, 0.717) is 5.92 Å². The first kappa shape index (κ1) is 10.8. The summed E-state index contributed by atoms with van der Waals surface area (Å²) in [5, 5.41) is 4.44. The highest BCUT2D eigenvalue weighted by atomic mass is 32.2. The Labute approximate surface area is 105 Å². The summed E-state index contributed by atoms with van der Waals surface area (Å²) >= 11 is 1.95. The van der Waals surface area contributed by atoms with Gasteiger partial charge in [0.15, 0.2) is 0 Å². The van der Waals surface area contributed by atoms with Gasteiger partial charge in [0.1, 0.15) is 11.6 Å². The van der Waals surface area contributed by atoms with Crippen LogP contribution in [0.2, 0.25) is 0 Å². The molecule has 1 aromatic heterocycles. The van der Waals surface area contributed by atoms with Gasteiger partial charge in [0.2, 0.25) is 0 Å². The number of aromatic nitrogens is 3. The largest absolute Gasteiger partial charge is 0.249 e. The fraction of sp³-hybridized carbons (Fsp3) is 0.385. The quantitative estimate of drug-likeness (QED) is 0.815. The fourth-order valence-electron chi connectivity index (χ4n) is 2.32. The third-order valence-electron chi connectivity index (χ3n) is 3.15. The van der Waals surface area contributed by atoms with Gasteiger partial charge in [-0.05, 0) is 25.5 Å². The van der Waals surface area contributed by atoms with Crippen molar-refractivity contribution in [2.45, 2.75) is 31.2 Å². The molecule has 0 fully saturated rings. The molecule has 1 aromatic carbocycles. The van der Waals surface area contributed by atoms with E-state index in [1.807, 2.05) is 30.3 Å². The molecule has 0 aliphatic carbocycles. The first-order chi connectivity index (χ1) is 8.24. The molecule has 1 aliphatic heterocycles. The van der Waals surface area contributed by atoms with Crippen LogP contribution in [0.15, 0.2) is 29.2 Å². The molecular weight excluding hydrogens is 230 g/mol. The van der Waals surface area contributed by atoms with Gasteiger partial charge in [-0.2, -0.15) is 5.10 Å². The second-order valence-corrected chi connectivity index (χ2v) is 5.50. The average molecular weight is 245 g/mol. The predicted molar refractivity (Wildman–Crippen MR) is 69.4 cm³/mol. The third-order valence-corrected chi connectivity index (χ3v) is 4.41. The summed E-state index contributed by atoms with van der Waals surface area (Å²) in [6.45, 7) is 4.91. The van der Waals surface area contributed by atoms with Gasteiger partial charge in [0, 0.05) is 16.6 Å². The summed E-state index contributed by atoms with van der Waals surface area (Å²) in [7, 11) is 0. The first-order valence-electron chi connectivity index (χ1n) is 5.84. The lowest BCUT2D eigenvalue weighted by atomic mass is 10.0. The Balaban J connectivity index is 1.86. The maximum absolute atomic E-state index is 4.44. The zero-order valence-corrected chi connectivity index (χ0v) is 10.9. The van der Waals surface area contributed by atoms with E-state index in [4.69, 9.17) is 0 Å². The van der Waals surface area contributed by atoms with Gasteiger partial charge >= 0.3 is 0 Å². The number of thioether (sulfide) groups is 1. The van der Waals surface area contributed by atoms with Crippen LogP contribution >= 0.6 is 11.8 Å². The topological polar surface area (TPSA) is 30.7 Å². The van der Waals surface area contributed by atoms with Crippen molar-refractivity contribution >= 4 is 11.8 Å². The number of aryl methyl sites for hydroxylation is 2. The monoisotopic (exact) mass is 245 g/mol. The van der Waals surface area contributed by atoms with Crippen molar-refractivity contribution in [2.24, 2.45) is 0 Å². The van der Waals surface area contributed by atoms with Crippen molar-refractivity contribution < 1.29 is 0 Å². The molecule has 88 valence electrons. The molecule has 4 heteroatoms. The maximum Gasteiger partial charge on any atom is 0.147 e. The number of hydrogen-bond donors (Lipinski definition) is 0. The highest BCUT2D eigenvalue weighted by molar-refractivity contribution is 7.99. The van der Waals surface area contributed by atoms with E-state index < -0.39 is 0 Å². The molecule has 0 radical (unpaired) electrons. The number of hydrogen-bond acceptors (Lipinski definition) is 3. The highest BCUT2D eigenvalue weighted by Crippen LogP contribution is 2.39. The van der Waals surface area contributed by atoms with Crippen molar-refractivity contribution in [1.82, 2.24) is 14.8 Å². The van der Waals surface area contributed by atoms with E-state index in [0.717, 1.165) is 23.9 Å². The zero-order chi connectivity index (χ0) is 11.8. The Morgan fingerprint density at radius 2 is 2.18 bits per heavy atom. The second-order valence-electron chi connectivity index (χ2n) is 4.43.